The van der Waals surface area contributed by atoms with E-state index in [9.17, 15) is 26.7 Å². The van der Waals surface area contributed by atoms with Crippen LogP contribution in [0.25, 0.3) is 17.8 Å². The third kappa shape index (κ3) is 5.94. The predicted molar refractivity (Wildman–Crippen MR) is 128 cm³/mol. The van der Waals surface area contributed by atoms with E-state index in [4.69, 9.17) is 4.74 Å². The molecule has 0 radical (unpaired) electrons. The molecule has 1 aromatic carbocycles. The molecule has 4 rings (SSSR count). The molecular formula is C24H17F5N4O3S. The van der Waals surface area contributed by atoms with E-state index in [1.54, 1.807) is 30.5 Å². The number of amides is 1. The van der Waals surface area contributed by atoms with Crippen molar-refractivity contribution in [2.45, 2.75) is 19.7 Å². The molecule has 1 N–H and O–H groups in total. The summed E-state index contributed by atoms with van der Waals surface area (Å²) < 4.78 is 76.0. The highest BCUT2D eigenvalue weighted by molar-refractivity contribution is 7.14. The van der Waals surface area contributed by atoms with Crippen molar-refractivity contribution in [3.63, 3.8) is 0 Å². The topological polar surface area (TPSA) is 77.8 Å². The van der Waals surface area contributed by atoms with Gasteiger partial charge in [0.1, 0.15) is 11.3 Å². The molecule has 0 bridgehead atoms. The second-order valence-corrected chi connectivity index (χ2v) is 8.31. The molecule has 0 aliphatic carbocycles. The molecule has 0 aliphatic rings. The fraction of sp³-hybridized carbons (Fsp3) is 0.125. The molecule has 0 saturated carbocycles. The van der Waals surface area contributed by atoms with Crippen molar-refractivity contribution < 1.29 is 36.2 Å². The Balaban J connectivity index is 1.72. The van der Waals surface area contributed by atoms with Crippen LogP contribution in [0.3, 0.4) is 0 Å². The number of aromatic nitrogens is 3. The Hall–Kier alpha value is -4.26. The molecule has 37 heavy (non-hydrogen) atoms. The number of anilines is 1. The Kier molecular flexibility index (Phi) is 7.25. The molecule has 192 valence electrons. The quantitative estimate of drug-likeness (QED) is 0.199. The fourth-order valence-corrected chi connectivity index (χ4v) is 3.99. The van der Waals surface area contributed by atoms with Crippen LogP contribution in [0.2, 0.25) is 0 Å². The Morgan fingerprint density at radius 1 is 1.16 bits per heavy atom. The van der Waals surface area contributed by atoms with Crippen LogP contribution in [-0.2, 0) is 6.18 Å². The number of fused-ring (bicyclic) bond motifs is 1. The molecule has 0 aliphatic heterocycles. The number of imidazole rings is 1. The first-order chi connectivity index (χ1) is 17.5. The summed E-state index contributed by atoms with van der Waals surface area (Å²) in [6, 6.07) is 9.31. The van der Waals surface area contributed by atoms with Crippen LogP contribution in [0.1, 0.15) is 34.4 Å². The molecule has 0 saturated heterocycles. The first-order valence-corrected chi connectivity index (χ1v) is 11.3. The lowest BCUT2D eigenvalue weighted by atomic mass is 10.1. The zero-order valence-corrected chi connectivity index (χ0v) is 19.7. The van der Waals surface area contributed by atoms with Crippen molar-refractivity contribution in [1.82, 2.24) is 14.4 Å². The average Bonchev–Trinajstić information content (AvgIpc) is 3.43. The van der Waals surface area contributed by atoms with Gasteiger partial charge in [0, 0.05) is 17.1 Å². The maximum Gasteiger partial charge on any atom is 0.434 e. The van der Waals surface area contributed by atoms with E-state index in [0.717, 1.165) is 5.38 Å². The van der Waals surface area contributed by atoms with Gasteiger partial charge >= 0.3 is 12.8 Å². The van der Waals surface area contributed by atoms with Crippen molar-refractivity contribution in [2.24, 2.45) is 0 Å². The molecule has 0 fully saturated rings. The lowest BCUT2D eigenvalue weighted by Gasteiger charge is -2.14. The van der Waals surface area contributed by atoms with Crippen LogP contribution in [-0.4, -0.2) is 26.9 Å². The van der Waals surface area contributed by atoms with Gasteiger partial charge in [-0.3, -0.25) is 14.5 Å². The zero-order chi connectivity index (χ0) is 26.7. The third-order valence-electron chi connectivity index (χ3n) is 4.71. The van der Waals surface area contributed by atoms with Gasteiger partial charge in [0.05, 0.1) is 11.5 Å². The number of nitrogens with zero attached hydrogens (tertiary/aromatic N) is 3. The van der Waals surface area contributed by atoms with E-state index in [1.807, 2.05) is 0 Å². The maximum atomic E-state index is 13.1. The van der Waals surface area contributed by atoms with Crippen molar-refractivity contribution >= 4 is 40.2 Å². The number of carbonyl (C=O) groups excluding carboxylic acids is 1. The van der Waals surface area contributed by atoms with Gasteiger partial charge in [-0.1, -0.05) is 24.8 Å². The van der Waals surface area contributed by atoms with Crippen molar-refractivity contribution in [1.29, 1.82) is 0 Å². The number of rotatable bonds is 8. The van der Waals surface area contributed by atoms with Gasteiger partial charge in [0.2, 0.25) is 0 Å². The number of hydrogen-bond acceptors (Lipinski definition) is 6. The van der Waals surface area contributed by atoms with Crippen molar-refractivity contribution in [3.8, 4) is 11.5 Å². The molecule has 3 heterocycles. The SMILES string of the molecule is C=C(C)Oc1c(/C=C/c2nc3ccccn3c2C(=O)Nc2nc(C(F)(F)F)cs2)cccc1OC(F)F. The number of allylic oxidation sites excluding steroid dienone is 1. The number of thiazole rings is 1. The van der Waals surface area contributed by atoms with Gasteiger partial charge in [-0.15, -0.1) is 11.3 Å². The summed E-state index contributed by atoms with van der Waals surface area (Å²) in [5.41, 5.74) is -0.257. The van der Waals surface area contributed by atoms with Crippen LogP contribution < -0.4 is 14.8 Å². The first-order valence-electron chi connectivity index (χ1n) is 10.4. The number of ether oxygens (including phenoxy) is 2. The highest BCUT2D eigenvalue weighted by Crippen LogP contribution is 2.35. The number of para-hydroxylation sites is 1. The summed E-state index contributed by atoms with van der Waals surface area (Å²) in [6.45, 7) is 2.05. The molecule has 1 amide bonds. The largest absolute Gasteiger partial charge is 0.458 e. The molecule has 0 spiro atoms. The van der Waals surface area contributed by atoms with E-state index >= 15 is 0 Å². The summed E-state index contributed by atoms with van der Waals surface area (Å²) in [7, 11) is 0. The van der Waals surface area contributed by atoms with Crippen LogP contribution in [0.5, 0.6) is 11.5 Å². The van der Waals surface area contributed by atoms with Gasteiger partial charge in [-0.2, -0.15) is 22.0 Å². The Morgan fingerprint density at radius 2 is 1.95 bits per heavy atom. The van der Waals surface area contributed by atoms with E-state index in [0.29, 0.717) is 22.5 Å². The molecule has 3 aromatic heterocycles. The maximum absolute atomic E-state index is 13.1. The minimum absolute atomic E-state index is 0.0120. The van der Waals surface area contributed by atoms with Crippen LogP contribution in [0, 0.1) is 0 Å². The number of nitrogens with one attached hydrogen (secondary N) is 1. The first kappa shape index (κ1) is 25.8. The van der Waals surface area contributed by atoms with Crippen LogP contribution >= 0.6 is 11.3 Å². The standard InChI is InChI=1S/C24H17F5N4O3S/c1-13(2)35-20-14(6-5-7-16(20)36-22(25)26)9-10-15-19(33-11-4-3-8-18(33)30-15)21(34)32-23-31-17(12-37-23)24(27,28)29/h3-12,22H,1H2,2H3,(H,31,32,34)/b10-9+. The average molecular weight is 536 g/mol. The van der Waals surface area contributed by atoms with Gasteiger partial charge in [0.25, 0.3) is 5.91 Å². The molecule has 13 heteroatoms. The molecule has 0 unspecified atom stereocenters. The Morgan fingerprint density at radius 3 is 2.62 bits per heavy atom. The van der Waals surface area contributed by atoms with E-state index in [2.05, 4.69) is 26.6 Å². The van der Waals surface area contributed by atoms with Gasteiger partial charge < -0.3 is 9.47 Å². The Bertz CT molecular complexity index is 1490. The molecule has 4 aromatic rings. The van der Waals surface area contributed by atoms with Gasteiger partial charge in [0.15, 0.2) is 22.3 Å². The smallest absolute Gasteiger partial charge is 0.434 e. The van der Waals surface area contributed by atoms with E-state index < -0.39 is 24.4 Å². The molecule has 0 atom stereocenters. The predicted octanol–water partition coefficient (Wildman–Crippen LogP) is 6.75. The Labute approximate surface area is 210 Å². The number of carbonyl (C=O) groups is 1. The van der Waals surface area contributed by atoms with Crippen LogP contribution in [0.15, 0.2) is 60.3 Å². The molecular weight excluding hydrogens is 519 g/mol. The summed E-state index contributed by atoms with van der Waals surface area (Å²) in [6.07, 6.45) is -0.175. The minimum atomic E-state index is -4.65. The van der Waals surface area contributed by atoms with Crippen molar-refractivity contribution in [3.05, 3.63) is 83.0 Å². The third-order valence-corrected chi connectivity index (χ3v) is 5.47. The summed E-state index contributed by atoms with van der Waals surface area (Å²) in [5.74, 6) is -0.787. The zero-order valence-electron chi connectivity index (χ0n) is 18.9. The van der Waals surface area contributed by atoms with Gasteiger partial charge in [-0.25, -0.2) is 9.97 Å². The number of benzene rings is 1. The number of hydrogen-bond donors (Lipinski definition) is 1. The highest BCUT2D eigenvalue weighted by Gasteiger charge is 2.34. The number of alkyl halides is 5. The summed E-state index contributed by atoms with van der Waals surface area (Å²) in [5, 5.41) is 2.92. The molecule has 7 nitrogen and oxygen atoms in total. The van der Waals surface area contributed by atoms with Crippen LogP contribution in [0.4, 0.5) is 27.1 Å². The lowest BCUT2D eigenvalue weighted by Crippen LogP contribution is -2.16. The normalized spacial score (nSPS) is 11.9. The number of pyridine rings is 1. The van der Waals surface area contributed by atoms with E-state index in [1.165, 1.54) is 35.6 Å². The highest BCUT2D eigenvalue weighted by atomic mass is 32.1. The number of halogens is 5. The monoisotopic (exact) mass is 536 g/mol. The second-order valence-electron chi connectivity index (χ2n) is 7.45. The summed E-state index contributed by atoms with van der Waals surface area (Å²) >= 11 is 0.627. The summed E-state index contributed by atoms with van der Waals surface area (Å²) in [4.78, 5) is 20.9. The second kappa shape index (κ2) is 10.4. The lowest BCUT2D eigenvalue weighted by molar-refractivity contribution is -0.140. The minimum Gasteiger partial charge on any atom is -0.458 e. The van der Waals surface area contributed by atoms with E-state index in [-0.39, 0.29) is 33.8 Å². The van der Waals surface area contributed by atoms with Gasteiger partial charge in [-0.05, 0) is 37.3 Å². The fourth-order valence-electron chi connectivity index (χ4n) is 3.28. The van der Waals surface area contributed by atoms with Crippen molar-refractivity contribution in [2.75, 3.05) is 5.32 Å².